The van der Waals surface area contributed by atoms with E-state index in [2.05, 4.69) is 11.4 Å². The molecular weight excluding hydrogens is 236 g/mol. The third-order valence-corrected chi connectivity index (χ3v) is 3.77. The van der Waals surface area contributed by atoms with Crippen LogP contribution in [0.15, 0.2) is 18.2 Å². The van der Waals surface area contributed by atoms with Gasteiger partial charge in [0.1, 0.15) is 0 Å². The van der Waals surface area contributed by atoms with Crippen LogP contribution >= 0.6 is 0 Å². The molecule has 0 aromatic heterocycles. The molecule has 19 heavy (non-hydrogen) atoms. The molecule has 1 heterocycles. The Labute approximate surface area is 116 Å². The summed E-state index contributed by atoms with van der Waals surface area (Å²) < 4.78 is 0. The average Bonchev–Trinajstić information content (AvgIpc) is 2.37. The quantitative estimate of drug-likeness (QED) is 0.905. The van der Waals surface area contributed by atoms with Gasteiger partial charge in [0, 0.05) is 18.7 Å². The van der Waals surface area contributed by atoms with Gasteiger partial charge in [0.05, 0.1) is 0 Å². The van der Waals surface area contributed by atoms with Gasteiger partial charge in [-0.2, -0.15) is 0 Å². The minimum atomic E-state index is 0.188. The Morgan fingerprint density at radius 3 is 2.63 bits per heavy atom. The van der Waals surface area contributed by atoms with E-state index in [4.69, 9.17) is 0 Å². The summed E-state index contributed by atoms with van der Waals surface area (Å²) in [6.45, 7) is 6.86. The predicted molar refractivity (Wildman–Crippen MR) is 78.5 cm³/mol. The minimum Gasteiger partial charge on any atom is -0.338 e. The largest absolute Gasteiger partial charge is 0.338 e. The zero-order valence-electron chi connectivity index (χ0n) is 12.2. The lowest BCUT2D eigenvalue weighted by molar-refractivity contribution is 0.0674. The van der Waals surface area contributed by atoms with Crippen molar-refractivity contribution in [2.24, 2.45) is 5.92 Å². The first kappa shape index (κ1) is 14.1. The monoisotopic (exact) mass is 260 g/mol. The van der Waals surface area contributed by atoms with Gasteiger partial charge in [0.15, 0.2) is 0 Å². The summed E-state index contributed by atoms with van der Waals surface area (Å²) in [5.41, 5.74) is 3.15. The summed E-state index contributed by atoms with van der Waals surface area (Å²) in [7, 11) is 1.98. The highest BCUT2D eigenvalue weighted by molar-refractivity contribution is 5.94. The van der Waals surface area contributed by atoms with Gasteiger partial charge in [-0.05, 0) is 58.3 Å². The SMILES string of the molecule is CNC[C@@H]1CCCN(C(=O)c2cc(C)cc(C)c2)C1. The van der Waals surface area contributed by atoms with Gasteiger partial charge in [0.25, 0.3) is 5.91 Å². The van der Waals surface area contributed by atoms with Crippen molar-refractivity contribution in [1.82, 2.24) is 10.2 Å². The van der Waals surface area contributed by atoms with E-state index in [1.807, 2.05) is 37.9 Å². The first-order valence-corrected chi connectivity index (χ1v) is 7.12. The zero-order chi connectivity index (χ0) is 13.8. The molecule has 1 N–H and O–H groups in total. The molecule has 3 nitrogen and oxygen atoms in total. The second kappa shape index (κ2) is 6.20. The Bertz CT molecular complexity index is 434. The predicted octanol–water partition coefficient (Wildman–Crippen LogP) is 2.38. The maximum Gasteiger partial charge on any atom is 0.253 e. The fraction of sp³-hybridized carbons (Fsp3) is 0.562. The molecule has 0 spiro atoms. The van der Waals surface area contributed by atoms with E-state index in [1.165, 1.54) is 6.42 Å². The highest BCUT2D eigenvalue weighted by atomic mass is 16.2. The van der Waals surface area contributed by atoms with Gasteiger partial charge < -0.3 is 10.2 Å². The second-order valence-corrected chi connectivity index (χ2v) is 5.69. The molecular formula is C16H24N2O. The highest BCUT2D eigenvalue weighted by Crippen LogP contribution is 2.19. The van der Waals surface area contributed by atoms with Crippen LogP contribution in [0.2, 0.25) is 0 Å². The van der Waals surface area contributed by atoms with Crippen molar-refractivity contribution < 1.29 is 4.79 Å². The van der Waals surface area contributed by atoms with E-state index in [0.29, 0.717) is 5.92 Å². The molecule has 0 bridgehead atoms. The normalized spacial score (nSPS) is 19.5. The smallest absolute Gasteiger partial charge is 0.253 e. The van der Waals surface area contributed by atoms with Crippen LogP contribution in [0, 0.1) is 19.8 Å². The van der Waals surface area contributed by atoms with Crippen molar-refractivity contribution in [2.75, 3.05) is 26.7 Å². The van der Waals surface area contributed by atoms with Crippen LogP contribution in [0.3, 0.4) is 0 Å². The number of piperidine rings is 1. The number of benzene rings is 1. The van der Waals surface area contributed by atoms with Crippen molar-refractivity contribution in [2.45, 2.75) is 26.7 Å². The van der Waals surface area contributed by atoms with Gasteiger partial charge in [-0.25, -0.2) is 0 Å². The van der Waals surface area contributed by atoms with Crippen molar-refractivity contribution in [1.29, 1.82) is 0 Å². The number of carbonyl (C=O) groups excluding carboxylic acids is 1. The fourth-order valence-corrected chi connectivity index (χ4v) is 2.99. The molecule has 3 heteroatoms. The van der Waals surface area contributed by atoms with Crippen molar-refractivity contribution in [3.63, 3.8) is 0 Å². The van der Waals surface area contributed by atoms with E-state index < -0.39 is 0 Å². The Morgan fingerprint density at radius 1 is 1.32 bits per heavy atom. The zero-order valence-corrected chi connectivity index (χ0v) is 12.2. The van der Waals surface area contributed by atoms with E-state index in [0.717, 1.165) is 42.7 Å². The molecule has 1 aromatic rings. The van der Waals surface area contributed by atoms with Crippen molar-refractivity contribution >= 4 is 5.91 Å². The molecule has 0 unspecified atom stereocenters. The van der Waals surface area contributed by atoms with Gasteiger partial charge in [-0.3, -0.25) is 4.79 Å². The molecule has 104 valence electrons. The molecule has 0 aliphatic carbocycles. The molecule has 1 aliphatic heterocycles. The number of hydrogen-bond acceptors (Lipinski definition) is 2. The van der Waals surface area contributed by atoms with Gasteiger partial charge >= 0.3 is 0 Å². The summed E-state index contributed by atoms with van der Waals surface area (Å²) in [5, 5.41) is 3.22. The third kappa shape index (κ3) is 3.57. The Kier molecular flexibility index (Phi) is 4.59. The van der Waals surface area contributed by atoms with Gasteiger partial charge in [-0.1, -0.05) is 17.2 Å². The first-order valence-electron chi connectivity index (χ1n) is 7.12. The number of amides is 1. The lowest BCUT2D eigenvalue weighted by Crippen LogP contribution is -2.42. The number of nitrogens with zero attached hydrogens (tertiary/aromatic N) is 1. The summed E-state index contributed by atoms with van der Waals surface area (Å²) in [4.78, 5) is 14.6. The number of aryl methyl sites for hydroxylation is 2. The molecule has 0 saturated carbocycles. The number of nitrogens with one attached hydrogen (secondary N) is 1. The van der Waals surface area contributed by atoms with Gasteiger partial charge in [0.2, 0.25) is 0 Å². The Balaban J connectivity index is 2.10. The second-order valence-electron chi connectivity index (χ2n) is 5.69. The van der Waals surface area contributed by atoms with E-state index in [1.54, 1.807) is 0 Å². The van der Waals surface area contributed by atoms with E-state index in [-0.39, 0.29) is 5.91 Å². The van der Waals surface area contributed by atoms with Crippen molar-refractivity contribution in [3.05, 3.63) is 34.9 Å². The van der Waals surface area contributed by atoms with Gasteiger partial charge in [-0.15, -0.1) is 0 Å². The standard InChI is InChI=1S/C16H24N2O/c1-12-7-13(2)9-15(8-12)16(19)18-6-4-5-14(11-18)10-17-3/h7-9,14,17H,4-6,10-11H2,1-3H3/t14-/m0/s1. The third-order valence-electron chi connectivity index (χ3n) is 3.77. The summed E-state index contributed by atoms with van der Waals surface area (Å²) >= 11 is 0. The first-order chi connectivity index (χ1) is 9.10. The molecule has 1 fully saturated rings. The molecule has 1 aliphatic rings. The fourth-order valence-electron chi connectivity index (χ4n) is 2.99. The Morgan fingerprint density at radius 2 is 2.00 bits per heavy atom. The van der Waals surface area contributed by atoms with Crippen LogP contribution in [0.1, 0.15) is 34.3 Å². The molecule has 1 atom stereocenters. The summed E-state index contributed by atoms with van der Waals surface area (Å²) in [5.74, 6) is 0.779. The minimum absolute atomic E-state index is 0.188. The Hall–Kier alpha value is -1.35. The number of likely N-dealkylation sites (tertiary alicyclic amines) is 1. The van der Waals surface area contributed by atoms with Crippen LogP contribution in [0.25, 0.3) is 0 Å². The van der Waals surface area contributed by atoms with Crippen molar-refractivity contribution in [3.8, 4) is 0 Å². The number of hydrogen-bond donors (Lipinski definition) is 1. The maximum absolute atomic E-state index is 12.6. The van der Waals surface area contributed by atoms with Crippen LogP contribution < -0.4 is 5.32 Å². The highest BCUT2D eigenvalue weighted by Gasteiger charge is 2.24. The molecule has 0 radical (unpaired) electrons. The summed E-state index contributed by atoms with van der Waals surface area (Å²) in [6.07, 6.45) is 2.33. The molecule has 1 aromatic carbocycles. The maximum atomic E-state index is 12.6. The van der Waals surface area contributed by atoms with Crippen LogP contribution in [0.5, 0.6) is 0 Å². The topological polar surface area (TPSA) is 32.3 Å². The summed E-state index contributed by atoms with van der Waals surface area (Å²) in [6, 6.07) is 6.10. The molecule has 1 amide bonds. The molecule has 1 saturated heterocycles. The molecule has 2 rings (SSSR count). The lowest BCUT2D eigenvalue weighted by atomic mass is 9.97. The lowest BCUT2D eigenvalue weighted by Gasteiger charge is -2.33. The van der Waals surface area contributed by atoms with E-state index in [9.17, 15) is 4.79 Å². The van der Waals surface area contributed by atoms with Crippen LogP contribution in [-0.2, 0) is 0 Å². The number of carbonyl (C=O) groups is 1. The van der Waals surface area contributed by atoms with Crippen LogP contribution in [0.4, 0.5) is 0 Å². The van der Waals surface area contributed by atoms with Crippen LogP contribution in [-0.4, -0.2) is 37.5 Å². The van der Waals surface area contributed by atoms with E-state index >= 15 is 0 Å². The number of rotatable bonds is 3. The average molecular weight is 260 g/mol.